The summed E-state index contributed by atoms with van der Waals surface area (Å²) in [5.41, 5.74) is 5.87. The molecule has 0 aliphatic heterocycles. The fourth-order valence-electron chi connectivity index (χ4n) is 2.18. The predicted octanol–water partition coefficient (Wildman–Crippen LogP) is 1.39. The van der Waals surface area contributed by atoms with E-state index in [9.17, 15) is 13.6 Å². The summed E-state index contributed by atoms with van der Waals surface area (Å²) in [6, 6.07) is 4.88. The van der Waals surface area contributed by atoms with E-state index in [1.54, 1.807) is 14.1 Å². The second-order valence-corrected chi connectivity index (χ2v) is 5.34. The average Bonchev–Trinajstić information content (AvgIpc) is 2.62. The van der Waals surface area contributed by atoms with Crippen LogP contribution >= 0.6 is 0 Å². The topological polar surface area (TPSA) is 113 Å². The largest absolute Gasteiger partial charge is 0.383 e. The lowest BCUT2D eigenvalue weighted by molar-refractivity contribution is 0.0827. The van der Waals surface area contributed by atoms with Gasteiger partial charge >= 0.3 is 0 Å². The van der Waals surface area contributed by atoms with Crippen LogP contribution in [0.5, 0.6) is 0 Å². The number of amidine groups is 1. The van der Waals surface area contributed by atoms with Gasteiger partial charge in [-0.1, -0.05) is 6.07 Å². The molecule has 0 saturated heterocycles. The first kappa shape index (κ1) is 18.8. The minimum atomic E-state index is -1.17. The lowest BCUT2D eigenvalue weighted by atomic mass is 10.1. The maximum Gasteiger partial charge on any atom is 0.254 e. The first-order valence-corrected chi connectivity index (χ1v) is 7.28. The van der Waals surface area contributed by atoms with Gasteiger partial charge in [-0.05, 0) is 18.2 Å². The van der Waals surface area contributed by atoms with Crippen LogP contribution in [0.2, 0.25) is 0 Å². The molecule has 0 radical (unpaired) electrons. The average molecular weight is 361 g/mol. The van der Waals surface area contributed by atoms with Gasteiger partial charge in [0.2, 0.25) is 0 Å². The van der Waals surface area contributed by atoms with Gasteiger partial charge in [0.15, 0.2) is 17.5 Å². The number of amides is 1. The van der Waals surface area contributed by atoms with Gasteiger partial charge in [0.05, 0.1) is 11.1 Å². The zero-order valence-corrected chi connectivity index (χ0v) is 14.1. The van der Waals surface area contributed by atoms with E-state index in [1.807, 2.05) is 0 Å². The van der Waals surface area contributed by atoms with E-state index in [0.717, 1.165) is 11.1 Å². The number of nitrogens with two attached hydrogens (primary N) is 2. The number of halogens is 2. The van der Waals surface area contributed by atoms with E-state index < -0.39 is 11.6 Å². The van der Waals surface area contributed by atoms with Crippen LogP contribution in [-0.2, 0) is 0 Å². The summed E-state index contributed by atoms with van der Waals surface area (Å²) in [6.07, 6.45) is 1.28. The second kappa shape index (κ2) is 7.55. The number of pyridine rings is 1. The molecule has 1 aromatic carbocycles. The quantitative estimate of drug-likeness (QED) is 0.370. The van der Waals surface area contributed by atoms with Gasteiger partial charge in [-0.2, -0.15) is 10.2 Å². The van der Waals surface area contributed by atoms with Crippen LogP contribution in [0.4, 0.5) is 20.3 Å². The van der Waals surface area contributed by atoms with Gasteiger partial charge in [-0.3, -0.25) is 4.79 Å². The van der Waals surface area contributed by atoms with Crippen molar-refractivity contribution in [1.29, 1.82) is 0 Å². The van der Waals surface area contributed by atoms with Crippen molar-refractivity contribution in [2.45, 2.75) is 0 Å². The molecule has 1 aromatic heterocycles. The lowest BCUT2D eigenvalue weighted by Crippen LogP contribution is -2.30. The minimum absolute atomic E-state index is 0.0324. The summed E-state index contributed by atoms with van der Waals surface area (Å²) in [6.45, 7) is 3.33. The summed E-state index contributed by atoms with van der Waals surface area (Å²) < 4.78 is 27.7. The van der Waals surface area contributed by atoms with Crippen LogP contribution in [0, 0.1) is 11.6 Å². The number of hydrogen-bond donors (Lipinski definition) is 2. The van der Waals surface area contributed by atoms with E-state index in [1.165, 1.54) is 29.3 Å². The monoisotopic (exact) mass is 361 g/mol. The fourth-order valence-corrected chi connectivity index (χ4v) is 2.18. The summed E-state index contributed by atoms with van der Waals surface area (Å²) >= 11 is 0. The number of hydrazone groups is 2. The summed E-state index contributed by atoms with van der Waals surface area (Å²) in [5, 5.41) is 8.07. The number of aromatic nitrogens is 1. The number of benzene rings is 1. The van der Waals surface area contributed by atoms with Gasteiger partial charge in [-0.15, -0.1) is 0 Å². The first-order valence-electron chi connectivity index (χ1n) is 7.28. The predicted molar refractivity (Wildman–Crippen MR) is 95.8 cm³/mol. The van der Waals surface area contributed by atoms with Crippen molar-refractivity contribution >= 4 is 30.0 Å². The van der Waals surface area contributed by atoms with Crippen molar-refractivity contribution < 1.29 is 13.6 Å². The SMILES string of the molecule is C=NN(/C(=N\N)c1cc(C(=O)N(C)C)cnc1N)c1cccc(F)c1F. The van der Waals surface area contributed by atoms with E-state index in [2.05, 4.69) is 21.9 Å². The van der Waals surface area contributed by atoms with Crippen LogP contribution in [0.25, 0.3) is 0 Å². The number of nitrogen functional groups attached to an aromatic ring is 1. The van der Waals surface area contributed by atoms with Crippen LogP contribution in [-0.4, -0.2) is 42.4 Å². The Balaban J connectivity index is 2.60. The normalized spacial score (nSPS) is 11.2. The summed E-state index contributed by atoms with van der Waals surface area (Å²) in [5.74, 6) is 2.63. The van der Waals surface area contributed by atoms with Crippen LogP contribution in [0.3, 0.4) is 0 Å². The summed E-state index contributed by atoms with van der Waals surface area (Å²) in [7, 11) is 3.13. The molecule has 136 valence electrons. The Labute approximate surface area is 148 Å². The molecule has 0 bridgehead atoms. The highest BCUT2D eigenvalue weighted by Crippen LogP contribution is 2.25. The third-order valence-electron chi connectivity index (χ3n) is 3.44. The number of hydrogen-bond acceptors (Lipinski definition) is 6. The molecule has 0 fully saturated rings. The maximum atomic E-state index is 14.2. The highest BCUT2D eigenvalue weighted by atomic mass is 19.2. The molecule has 8 nitrogen and oxygen atoms in total. The molecule has 0 unspecified atom stereocenters. The van der Waals surface area contributed by atoms with E-state index in [-0.39, 0.29) is 34.4 Å². The van der Waals surface area contributed by atoms with Crippen molar-refractivity contribution in [1.82, 2.24) is 9.88 Å². The van der Waals surface area contributed by atoms with E-state index in [0.29, 0.717) is 0 Å². The summed E-state index contributed by atoms with van der Waals surface area (Å²) in [4.78, 5) is 17.4. The Hall–Kier alpha value is -3.56. The molecule has 4 N–H and O–H groups in total. The molecular weight excluding hydrogens is 344 g/mol. The Bertz CT molecular complexity index is 883. The number of carbonyl (C=O) groups excluding carboxylic acids is 1. The Morgan fingerprint density at radius 1 is 1.31 bits per heavy atom. The standard InChI is InChI=1S/C16H17F2N7O/c1-21-25(12-6-4-5-11(17)13(12)18)15(23-20)10-7-9(8-22-14(10)19)16(26)24(2)3/h4-8H,1,20H2,2-3H3,(H2,19,22)/b23-15-. The van der Waals surface area contributed by atoms with Gasteiger partial charge < -0.3 is 16.5 Å². The molecule has 2 aromatic rings. The van der Waals surface area contributed by atoms with Crippen molar-refractivity contribution in [2.24, 2.45) is 16.0 Å². The molecule has 1 heterocycles. The van der Waals surface area contributed by atoms with Crippen LogP contribution in [0.15, 0.2) is 40.7 Å². The van der Waals surface area contributed by atoms with Crippen molar-refractivity contribution in [3.05, 3.63) is 53.2 Å². The fraction of sp³-hybridized carbons (Fsp3) is 0.125. The number of anilines is 2. The Morgan fingerprint density at radius 2 is 2.00 bits per heavy atom. The highest BCUT2D eigenvalue weighted by molar-refractivity contribution is 6.13. The third kappa shape index (κ3) is 3.43. The third-order valence-corrected chi connectivity index (χ3v) is 3.44. The number of rotatable bonds is 4. The Morgan fingerprint density at radius 3 is 2.58 bits per heavy atom. The molecule has 0 saturated carbocycles. The minimum Gasteiger partial charge on any atom is -0.383 e. The molecule has 0 spiro atoms. The van der Waals surface area contributed by atoms with Crippen LogP contribution in [0.1, 0.15) is 15.9 Å². The van der Waals surface area contributed by atoms with E-state index in [4.69, 9.17) is 11.6 Å². The first-order chi connectivity index (χ1) is 12.3. The molecular formula is C16H17F2N7O. The zero-order chi connectivity index (χ0) is 19.4. The molecule has 2 rings (SSSR count). The van der Waals surface area contributed by atoms with Crippen molar-refractivity contribution in [2.75, 3.05) is 24.8 Å². The molecule has 0 atom stereocenters. The number of nitrogens with zero attached hydrogens (tertiary/aromatic N) is 5. The molecule has 0 aliphatic rings. The van der Waals surface area contributed by atoms with Crippen molar-refractivity contribution in [3.8, 4) is 0 Å². The molecule has 0 aliphatic carbocycles. The molecule has 26 heavy (non-hydrogen) atoms. The molecule has 1 amide bonds. The maximum absolute atomic E-state index is 14.2. The molecule has 10 heteroatoms. The van der Waals surface area contributed by atoms with Gasteiger partial charge in [0.1, 0.15) is 11.5 Å². The van der Waals surface area contributed by atoms with Gasteiger partial charge in [-0.25, -0.2) is 18.8 Å². The second-order valence-electron chi connectivity index (χ2n) is 5.34. The van der Waals surface area contributed by atoms with Gasteiger partial charge in [0.25, 0.3) is 5.91 Å². The lowest BCUT2D eigenvalue weighted by Gasteiger charge is -2.21. The van der Waals surface area contributed by atoms with E-state index >= 15 is 0 Å². The zero-order valence-electron chi connectivity index (χ0n) is 14.1. The number of carbonyl (C=O) groups is 1. The van der Waals surface area contributed by atoms with Crippen molar-refractivity contribution in [3.63, 3.8) is 0 Å². The smallest absolute Gasteiger partial charge is 0.254 e. The van der Waals surface area contributed by atoms with Gasteiger partial charge in [0, 0.05) is 27.0 Å². The highest BCUT2D eigenvalue weighted by Gasteiger charge is 2.23. The Kier molecular flexibility index (Phi) is 5.45. The van der Waals surface area contributed by atoms with Crippen LogP contribution < -0.4 is 16.6 Å².